The van der Waals surface area contributed by atoms with E-state index in [1.807, 2.05) is 0 Å². The second-order valence-corrected chi connectivity index (χ2v) is 7.87. The molecule has 3 rings (SSSR count). The van der Waals surface area contributed by atoms with Gasteiger partial charge in [-0.05, 0) is 40.5 Å². The number of anilines is 3. The first-order valence-electron chi connectivity index (χ1n) is 7.24. The van der Waals surface area contributed by atoms with Crippen LogP contribution in [0.4, 0.5) is 17.5 Å². The van der Waals surface area contributed by atoms with Crippen LogP contribution in [0, 0.1) is 0 Å². The minimum Gasteiger partial charge on any atom is -0.394 e. The van der Waals surface area contributed by atoms with Gasteiger partial charge in [0.1, 0.15) is 5.82 Å². The van der Waals surface area contributed by atoms with E-state index in [-0.39, 0.29) is 24.1 Å². The van der Waals surface area contributed by atoms with E-state index in [1.54, 1.807) is 18.3 Å². The van der Waals surface area contributed by atoms with E-state index in [2.05, 4.69) is 41.3 Å². The van der Waals surface area contributed by atoms with Gasteiger partial charge >= 0.3 is 0 Å². The number of hydrogen-bond acceptors (Lipinski definition) is 7. The van der Waals surface area contributed by atoms with Crippen molar-refractivity contribution in [1.82, 2.24) is 14.7 Å². The lowest BCUT2D eigenvalue weighted by Gasteiger charge is -2.18. The number of hydrogen-bond donors (Lipinski definition) is 4. The molecule has 1 aromatic heterocycles. The van der Waals surface area contributed by atoms with Crippen LogP contribution in [-0.2, 0) is 10.0 Å². The van der Waals surface area contributed by atoms with E-state index in [0.29, 0.717) is 28.3 Å². The number of benzene rings is 1. The van der Waals surface area contributed by atoms with Gasteiger partial charge in [0, 0.05) is 18.4 Å². The molecule has 1 aliphatic rings. The van der Waals surface area contributed by atoms with Crippen molar-refractivity contribution in [3.05, 3.63) is 34.9 Å². The molecule has 10 heteroatoms. The lowest BCUT2D eigenvalue weighted by molar-refractivity contribution is 0.269. The molecule has 2 aromatic rings. The summed E-state index contributed by atoms with van der Waals surface area (Å²) in [5.74, 6) is 0.837. The summed E-state index contributed by atoms with van der Waals surface area (Å²) in [5.41, 5.74) is 0.559. The molecule has 0 aliphatic carbocycles. The van der Waals surface area contributed by atoms with Crippen molar-refractivity contribution in [2.45, 2.75) is 17.4 Å². The fourth-order valence-corrected chi connectivity index (χ4v) is 3.65. The van der Waals surface area contributed by atoms with E-state index < -0.39 is 10.0 Å². The third kappa shape index (κ3) is 3.83. The van der Waals surface area contributed by atoms with Crippen LogP contribution in [0.1, 0.15) is 6.42 Å². The normalized spacial score (nSPS) is 19.8. The largest absolute Gasteiger partial charge is 0.394 e. The second-order valence-electron chi connectivity index (χ2n) is 5.25. The molecule has 0 saturated heterocycles. The molecule has 1 atom stereocenters. The summed E-state index contributed by atoms with van der Waals surface area (Å²) in [6.07, 6.45) is 1.99. The van der Waals surface area contributed by atoms with E-state index in [1.165, 1.54) is 12.1 Å². The number of halogens is 1. The Morgan fingerprint density at radius 3 is 3.00 bits per heavy atom. The van der Waals surface area contributed by atoms with E-state index in [4.69, 9.17) is 0 Å². The van der Waals surface area contributed by atoms with Crippen LogP contribution in [0.3, 0.4) is 0 Å². The fourth-order valence-electron chi connectivity index (χ4n) is 2.25. The maximum atomic E-state index is 12.3. The Balaban J connectivity index is 2.04. The zero-order chi connectivity index (χ0) is 17.2. The lowest BCUT2D eigenvalue weighted by atomic mass is 10.2. The number of nitrogens with zero attached hydrogens (tertiary/aromatic N) is 2. The molecule has 0 saturated carbocycles. The molecule has 128 valence electrons. The van der Waals surface area contributed by atoms with E-state index in [0.717, 1.165) is 0 Å². The maximum Gasteiger partial charge on any atom is 0.240 e. The zero-order valence-corrected chi connectivity index (χ0v) is 14.9. The third-order valence-corrected chi connectivity index (χ3v) is 5.53. The molecule has 8 nitrogen and oxygen atoms in total. The number of fused-ring (bicyclic) bond motifs is 4. The molecular weight excluding hydrogens is 398 g/mol. The molecule has 2 heterocycles. The molecule has 1 aromatic carbocycles. The highest BCUT2D eigenvalue weighted by molar-refractivity contribution is 9.10. The highest BCUT2D eigenvalue weighted by Crippen LogP contribution is 2.24. The topological polar surface area (TPSA) is 116 Å². The van der Waals surface area contributed by atoms with Gasteiger partial charge in [-0.15, -0.1) is 0 Å². The summed E-state index contributed by atoms with van der Waals surface area (Å²) in [5, 5.41) is 15.6. The van der Waals surface area contributed by atoms with Crippen molar-refractivity contribution in [2.24, 2.45) is 0 Å². The quantitative estimate of drug-likeness (QED) is 0.558. The summed E-state index contributed by atoms with van der Waals surface area (Å²) in [6, 6.07) is 6.06. The number of aliphatic hydroxyl groups excluding tert-OH is 1. The Morgan fingerprint density at radius 2 is 2.21 bits per heavy atom. The lowest BCUT2D eigenvalue weighted by Crippen LogP contribution is -2.32. The monoisotopic (exact) mass is 413 g/mol. The first kappa shape index (κ1) is 17.1. The molecule has 4 N–H and O–H groups in total. The number of nitrogens with one attached hydrogen (secondary N) is 3. The molecule has 4 bridgehead atoms. The van der Waals surface area contributed by atoms with Crippen LogP contribution in [0.2, 0.25) is 0 Å². The maximum absolute atomic E-state index is 12.3. The Hall–Kier alpha value is -1.75. The summed E-state index contributed by atoms with van der Waals surface area (Å²) < 4.78 is 27.9. The van der Waals surface area contributed by atoms with Crippen LogP contribution >= 0.6 is 15.9 Å². The number of rotatable bonds is 1. The summed E-state index contributed by atoms with van der Waals surface area (Å²) >= 11 is 3.36. The van der Waals surface area contributed by atoms with Gasteiger partial charge in [0.15, 0.2) is 0 Å². The summed E-state index contributed by atoms with van der Waals surface area (Å²) in [4.78, 5) is 8.68. The zero-order valence-electron chi connectivity index (χ0n) is 12.5. The molecule has 0 amide bonds. The highest BCUT2D eigenvalue weighted by Gasteiger charge is 2.18. The Bertz CT molecular complexity index is 846. The van der Waals surface area contributed by atoms with Crippen molar-refractivity contribution in [2.75, 3.05) is 23.8 Å². The van der Waals surface area contributed by atoms with Gasteiger partial charge in [-0.25, -0.2) is 18.1 Å². The molecule has 24 heavy (non-hydrogen) atoms. The predicted molar refractivity (Wildman–Crippen MR) is 93.8 cm³/mol. The number of sulfonamides is 1. The minimum atomic E-state index is -3.62. The standard InChI is InChI=1S/C14H16BrN5O3S/c15-12-7-16-14-19-9-2-1-3-11(6-9)24(22,23)17-5-4-10(8-21)18-13(12)20-14/h1-3,6-7,10,17,21H,4-5,8H2,(H2,16,18,19,20). The van der Waals surface area contributed by atoms with E-state index in [9.17, 15) is 13.5 Å². The van der Waals surface area contributed by atoms with Crippen molar-refractivity contribution < 1.29 is 13.5 Å². The van der Waals surface area contributed by atoms with Crippen molar-refractivity contribution in [3.8, 4) is 0 Å². The van der Waals surface area contributed by atoms with Gasteiger partial charge < -0.3 is 15.7 Å². The average Bonchev–Trinajstić information content (AvgIpc) is 2.56. The van der Waals surface area contributed by atoms with E-state index >= 15 is 0 Å². The van der Waals surface area contributed by atoms with Gasteiger partial charge in [-0.2, -0.15) is 4.98 Å². The van der Waals surface area contributed by atoms with Crippen LogP contribution in [0.5, 0.6) is 0 Å². The first-order chi connectivity index (χ1) is 11.5. The minimum absolute atomic E-state index is 0.151. The van der Waals surface area contributed by atoms with Gasteiger partial charge in [0.25, 0.3) is 0 Å². The molecular formula is C14H16BrN5O3S. The second kappa shape index (κ2) is 7.01. The van der Waals surface area contributed by atoms with Crippen molar-refractivity contribution >= 4 is 43.4 Å². The van der Waals surface area contributed by atoms with Gasteiger partial charge in [0.2, 0.25) is 16.0 Å². The molecule has 0 spiro atoms. The molecule has 1 unspecified atom stereocenters. The number of aliphatic hydroxyl groups is 1. The average molecular weight is 414 g/mol. The van der Waals surface area contributed by atoms with Crippen LogP contribution < -0.4 is 15.4 Å². The Labute approximate surface area is 147 Å². The van der Waals surface area contributed by atoms with Crippen LogP contribution in [0.15, 0.2) is 39.8 Å². The SMILES string of the molecule is O=S1(=O)NCCC(CO)Nc2nc(ncc2Br)Nc2cccc1c2. The van der Waals surface area contributed by atoms with Crippen molar-refractivity contribution in [1.29, 1.82) is 0 Å². The smallest absolute Gasteiger partial charge is 0.240 e. The summed E-state index contributed by atoms with van der Waals surface area (Å²) in [6.45, 7) is 0.0302. The van der Waals surface area contributed by atoms with Crippen LogP contribution in [0.25, 0.3) is 0 Å². The third-order valence-electron chi connectivity index (χ3n) is 3.49. The van der Waals surface area contributed by atoms with Gasteiger partial charge in [0.05, 0.1) is 22.0 Å². The Kier molecular flexibility index (Phi) is 4.99. The molecule has 1 aliphatic heterocycles. The van der Waals surface area contributed by atoms with Gasteiger partial charge in [-0.1, -0.05) is 6.07 Å². The first-order valence-corrected chi connectivity index (χ1v) is 9.52. The van der Waals surface area contributed by atoms with Crippen molar-refractivity contribution in [3.63, 3.8) is 0 Å². The predicted octanol–water partition coefficient (Wildman–Crippen LogP) is 1.44. The molecule has 0 radical (unpaired) electrons. The molecule has 0 fully saturated rings. The summed E-state index contributed by atoms with van der Waals surface area (Å²) in [7, 11) is -3.62. The number of aromatic nitrogens is 2. The fraction of sp³-hybridized carbons (Fsp3) is 0.286. The highest BCUT2D eigenvalue weighted by atomic mass is 79.9. The Morgan fingerprint density at radius 1 is 1.38 bits per heavy atom. The van der Waals surface area contributed by atoms with Crippen LogP contribution in [-0.4, -0.2) is 42.7 Å². The van der Waals surface area contributed by atoms with Gasteiger partial charge in [-0.3, -0.25) is 0 Å².